The van der Waals surface area contributed by atoms with Gasteiger partial charge < -0.3 is 9.84 Å². The maximum absolute atomic E-state index is 12.4. The third-order valence-corrected chi connectivity index (χ3v) is 4.99. The van der Waals surface area contributed by atoms with Crippen molar-refractivity contribution in [3.63, 3.8) is 0 Å². The minimum atomic E-state index is -3.71. The monoisotopic (exact) mass is 305 g/mol. The van der Waals surface area contributed by atoms with E-state index in [4.69, 9.17) is 9.84 Å². The number of nitrogens with zero attached hydrogens (tertiary/aromatic N) is 3. The predicted octanol–water partition coefficient (Wildman–Crippen LogP) is -0.149. The van der Waals surface area contributed by atoms with Gasteiger partial charge >= 0.3 is 5.97 Å². The van der Waals surface area contributed by atoms with Crippen molar-refractivity contribution in [2.24, 2.45) is 0 Å². The average Bonchev–Trinajstić information content (AvgIpc) is 2.60. The second-order valence-corrected chi connectivity index (χ2v) is 6.35. The molecule has 114 valence electrons. The lowest BCUT2D eigenvalue weighted by Gasteiger charge is -2.16. The summed E-state index contributed by atoms with van der Waals surface area (Å²) in [6, 6.07) is 0. The number of hydrogen-bond donors (Lipinski definition) is 1. The topological polar surface area (TPSA) is 102 Å². The van der Waals surface area contributed by atoms with Crippen LogP contribution in [0.3, 0.4) is 0 Å². The zero-order chi connectivity index (χ0) is 15.5. The molecule has 0 bridgehead atoms. The number of rotatable bonds is 7. The number of aryl methyl sites for hydroxylation is 1. The van der Waals surface area contributed by atoms with Gasteiger partial charge in [-0.25, -0.2) is 8.42 Å². The lowest BCUT2D eigenvalue weighted by Crippen LogP contribution is -2.30. The highest BCUT2D eigenvalue weighted by atomic mass is 32.2. The van der Waals surface area contributed by atoms with Crippen molar-refractivity contribution in [3.05, 3.63) is 11.4 Å². The Morgan fingerprint density at radius 1 is 1.45 bits per heavy atom. The minimum absolute atomic E-state index is 0.0531. The van der Waals surface area contributed by atoms with Crippen molar-refractivity contribution in [2.45, 2.75) is 25.3 Å². The number of likely N-dealkylation sites (N-methyl/N-ethyl adjacent to an activating group) is 1. The van der Waals surface area contributed by atoms with Gasteiger partial charge in [0.25, 0.3) is 0 Å². The Balaban J connectivity index is 3.18. The number of carboxylic acid groups (broad SMARTS) is 1. The van der Waals surface area contributed by atoms with Crippen LogP contribution in [0.15, 0.2) is 4.90 Å². The number of aromatic nitrogens is 2. The van der Waals surface area contributed by atoms with Gasteiger partial charge in [0.1, 0.15) is 11.4 Å². The smallest absolute Gasteiger partial charge is 0.325 e. The van der Waals surface area contributed by atoms with Gasteiger partial charge in [0.05, 0.1) is 18.0 Å². The van der Waals surface area contributed by atoms with Crippen LogP contribution in [-0.2, 0) is 26.1 Å². The molecule has 0 atom stereocenters. The van der Waals surface area contributed by atoms with Crippen LogP contribution < -0.4 is 0 Å². The second kappa shape index (κ2) is 6.33. The molecular weight excluding hydrogens is 286 g/mol. The van der Waals surface area contributed by atoms with Crippen molar-refractivity contribution in [2.75, 3.05) is 27.3 Å². The molecule has 0 unspecified atom stereocenters. The van der Waals surface area contributed by atoms with Gasteiger partial charge in [-0.2, -0.15) is 9.40 Å². The Kier molecular flexibility index (Phi) is 5.26. The molecular formula is C11H19N3O5S. The molecule has 8 nitrogen and oxygen atoms in total. The zero-order valence-corrected chi connectivity index (χ0v) is 12.8. The number of carbonyl (C=O) groups is 1. The third kappa shape index (κ3) is 3.35. The quantitative estimate of drug-likeness (QED) is 0.752. The molecule has 0 saturated heterocycles. The van der Waals surface area contributed by atoms with Gasteiger partial charge in [0, 0.05) is 20.7 Å². The number of hydrogen-bond acceptors (Lipinski definition) is 5. The third-order valence-electron chi connectivity index (χ3n) is 2.88. The van der Waals surface area contributed by atoms with E-state index in [1.54, 1.807) is 13.8 Å². The molecule has 0 saturated carbocycles. The van der Waals surface area contributed by atoms with Crippen molar-refractivity contribution < 1.29 is 23.1 Å². The summed E-state index contributed by atoms with van der Waals surface area (Å²) in [4.78, 5) is 10.8. The summed E-state index contributed by atoms with van der Waals surface area (Å²) in [6.45, 7) is 3.20. The molecule has 20 heavy (non-hydrogen) atoms. The summed E-state index contributed by atoms with van der Waals surface area (Å²) in [5.74, 6) is -1.08. The largest absolute Gasteiger partial charge is 0.480 e. The van der Waals surface area contributed by atoms with E-state index < -0.39 is 16.0 Å². The van der Waals surface area contributed by atoms with E-state index in [1.807, 2.05) is 0 Å². The molecule has 1 N–H and O–H groups in total. The van der Waals surface area contributed by atoms with Gasteiger partial charge in [-0.15, -0.1) is 0 Å². The number of aliphatic carboxylic acids is 1. The fourth-order valence-electron chi connectivity index (χ4n) is 1.83. The molecule has 1 rings (SSSR count). The molecule has 0 aromatic carbocycles. The molecule has 0 aliphatic carbocycles. The van der Waals surface area contributed by atoms with Crippen LogP contribution in [0.1, 0.15) is 11.4 Å². The van der Waals surface area contributed by atoms with Crippen molar-refractivity contribution in [1.82, 2.24) is 14.1 Å². The molecule has 0 fully saturated rings. The van der Waals surface area contributed by atoms with Crippen LogP contribution in [0.25, 0.3) is 0 Å². The van der Waals surface area contributed by atoms with E-state index in [1.165, 1.54) is 23.1 Å². The summed E-state index contributed by atoms with van der Waals surface area (Å²) in [5.41, 5.74) is 0.599. The highest BCUT2D eigenvalue weighted by Gasteiger charge is 2.28. The standard InChI is InChI=1S/C11H19N3O5S/c1-8-11(9(2)14(12-8)7-10(15)16)20(17,18)13(3)5-6-19-4/h5-7H2,1-4H3,(H,15,16). The van der Waals surface area contributed by atoms with Gasteiger partial charge in [-0.3, -0.25) is 9.48 Å². The lowest BCUT2D eigenvalue weighted by atomic mass is 10.4. The fraction of sp³-hybridized carbons (Fsp3) is 0.636. The Morgan fingerprint density at radius 2 is 2.05 bits per heavy atom. The molecule has 0 radical (unpaired) electrons. The molecule has 1 aromatic heterocycles. The first-order chi connectivity index (χ1) is 9.21. The lowest BCUT2D eigenvalue weighted by molar-refractivity contribution is -0.137. The molecule has 0 aliphatic heterocycles. The Morgan fingerprint density at radius 3 is 2.55 bits per heavy atom. The number of methoxy groups -OCH3 is 1. The highest BCUT2D eigenvalue weighted by Crippen LogP contribution is 2.22. The Bertz CT molecular complexity index is 593. The Labute approximate surface area is 118 Å². The van der Waals surface area contributed by atoms with Crippen LogP contribution in [0.4, 0.5) is 0 Å². The van der Waals surface area contributed by atoms with E-state index in [0.29, 0.717) is 5.69 Å². The predicted molar refractivity (Wildman–Crippen MR) is 71.0 cm³/mol. The first-order valence-corrected chi connectivity index (χ1v) is 7.37. The van der Waals surface area contributed by atoms with Crippen molar-refractivity contribution in [3.8, 4) is 0 Å². The molecule has 1 heterocycles. The first-order valence-electron chi connectivity index (χ1n) is 5.93. The Hall–Kier alpha value is -1.45. The van der Waals surface area contributed by atoms with Crippen LogP contribution in [-0.4, -0.2) is 60.9 Å². The summed E-state index contributed by atoms with van der Waals surface area (Å²) in [7, 11) is -0.776. The summed E-state index contributed by atoms with van der Waals surface area (Å²) in [5, 5.41) is 12.8. The van der Waals surface area contributed by atoms with Crippen LogP contribution in [0.2, 0.25) is 0 Å². The van der Waals surface area contributed by atoms with Crippen molar-refractivity contribution >= 4 is 16.0 Å². The van der Waals surface area contributed by atoms with E-state index in [2.05, 4.69) is 5.10 Å². The van der Waals surface area contributed by atoms with E-state index >= 15 is 0 Å². The number of sulfonamides is 1. The van der Waals surface area contributed by atoms with Gasteiger partial charge in [0.15, 0.2) is 0 Å². The van der Waals surface area contributed by atoms with Gasteiger partial charge in [-0.05, 0) is 13.8 Å². The summed E-state index contributed by atoms with van der Waals surface area (Å²) < 4.78 is 32.1. The second-order valence-electron chi connectivity index (χ2n) is 4.37. The first kappa shape index (κ1) is 16.6. The van der Waals surface area contributed by atoms with Crippen LogP contribution in [0, 0.1) is 13.8 Å². The highest BCUT2D eigenvalue weighted by molar-refractivity contribution is 7.89. The van der Waals surface area contributed by atoms with E-state index in [-0.39, 0.29) is 30.3 Å². The maximum Gasteiger partial charge on any atom is 0.325 e. The molecule has 1 aromatic rings. The van der Waals surface area contributed by atoms with Crippen molar-refractivity contribution in [1.29, 1.82) is 0 Å². The average molecular weight is 305 g/mol. The van der Waals surface area contributed by atoms with Crippen LogP contribution >= 0.6 is 0 Å². The van der Waals surface area contributed by atoms with Gasteiger partial charge in [-0.1, -0.05) is 0 Å². The molecule has 0 aliphatic rings. The van der Waals surface area contributed by atoms with E-state index in [0.717, 1.165) is 0 Å². The summed E-state index contributed by atoms with van der Waals surface area (Å²) in [6.07, 6.45) is 0. The zero-order valence-electron chi connectivity index (χ0n) is 12.0. The molecule has 0 spiro atoms. The van der Waals surface area contributed by atoms with E-state index in [9.17, 15) is 13.2 Å². The van der Waals surface area contributed by atoms with Crippen LogP contribution in [0.5, 0.6) is 0 Å². The normalized spacial score (nSPS) is 12.1. The molecule has 9 heteroatoms. The minimum Gasteiger partial charge on any atom is -0.480 e. The molecule has 0 amide bonds. The SMILES string of the molecule is COCCN(C)S(=O)(=O)c1c(C)nn(CC(=O)O)c1C. The number of carboxylic acids is 1. The number of ether oxygens (including phenoxy) is 1. The summed E-state index contributed by atoms with van der Waals surface area (Å²) >= 11 is 0. The fourth-order valence-corrected chi connectivity index (χ4v) is 3.35. The maximum atomic E-state index is 12.4. The van der Waals surface area contributed by atoms with Gasteiger partial charge in [0.2, 0.25) is 10.0 Å².